The molecule has 3 saturated heterocycles. The van der Waals surface area contributed by atoms with Gasteiger partial charge in [0, 0.05) is 12.3 Å². The lowest BCUT2D eigenvalue weighted by Crippen LogP contribution is -2.63. The van der Waals surface area contributed by atoms with Crippen molar-refractivity contribution < 1.29 is 44.5 Å². The van der Waals surface area contributed by atoms with Gasteiger partial charge >= 0.3 is 0 Å². The van der Waals surface area contributed by atoms with Gasteiger partial charge in [0.25, 0.3) is 0 Å². The van der Waals surface area contributed by atoms with E-state index in [1.165, 1.54) is 0 Å². The average molecular weight is 621 g/mol. The van der Waals surface area contributed by atoms with Crippen molar-refractivity contribution in [3.63, 3.8) is 0 Å². The van der Waals surface area contributed by atoms with Gasteiger partial charge in [0.2, 0.25) is 0 Å². The number of rotatable bonds is 3. The molecule has 3 aliphatic heterocycles. The fraction of sp³-hybridized carbons (Fsp3) is 1.00. The Labute approximate surface area is 262 Å². The second-order valence-corrected chi connectivity index (χ2v) is 18.4. The lowest BCUT2D eigenvalue weighted by molar-refractivity contribution is -0.304. The zero-order chi connectivity index (χ0) is 31.6. The third kappa shape index (κ3) is 3.53. The van der Waals surface area contributed by atoms with Gasteiger partial charge in [0.15, 0.2) is 12.1 Å². The number of aliphatic hydroxyl groups excluding tert-OH is 4. The molecule has 5 N–H and O–H groups in total. The molecule has 44 heavy (non-hydrogen) atoms. The topological polar surface area (TPSA) is 138 Å². The molecule has 9 nitrogen and oxygen atoms in total. The zero-order valence-corrected chi connectivity index (χ0v) is 27.7. The molecule has 9 heteroatoms. The van der Waals surface area contributed by atoms with Crippen molar-refractivity contribution in [1.29, 1.82) is 0 Å². The molecule has 0 radical (unpaired) electrons. The van der Waals surface area contributed by atoms with E-state index in [1.54, 1.807) is 0 Å². The second-order valence-electron chi connectivity index (χ2n) is 18.4. The SMILES string of the molecule is C[C@@H]1C[C@H]2O[C@]3(C[C@@]4(C)[C@@H]5[C@H](O)C[C@@H]6C(C)(C)[C@H](O[C@@H]7OC[C@@H](O)[C@H](O)[C@H]7O)CC[C@@]67C[C@@]57CC[C@]4(C)[C@@H]13)O[C@@H]2C(C)(C)O. The highest BCUT2D eigenvalue weighted by molar-refractivity contribution is 5.34. The Balaban J connectivity index is 1.10. The quantitative estimate of drug-likeness (QED) is 0.301. The molecular formula is C35H56O9. The summed E-state index contributed by atoms with van der Waals surface area (Å²) in [6.45, 7) is 15.4. The largest absolute Gasteiger partial charge is 0.393 e. The minimum absolute atomic E-state index is 0.0465. The number of hydrogen-bond donors (Lipinski definition) is 5. The molecule has 8 fully saturated rings. The van der Waals surface area contributed by atoms with E-state index in [0.717, 1.165) is 44.9 Å². The van der Waals surface area contributed by atoms with Crippen molar-refractivity contribution in [2.24, 2.45) is 50.7 Å². The van der Waals surface area contributed by atoms with Gasteiger partial charge in [-0.2, -0.15) is 0 Å². The molecule has 0 amide bonds. The predicted molar refractivity (Wildman–Crippen MR) is 159 cm³/mol. The first-order valence-corrected chi connectivity index (χ1v) is 17.4. The van der Waals surface area contributed by atoms with Crippen LogP contribution in [0.4, 0.5) is 0 Å². The third-order valence-corrected chi connectivity index (χ3v) is 15.7. The molecule has 3 spiro atoms. The first kappa shape index (κ1) is 30.9. The van der Waals surface area contributed by atoms with Gasteiger partial charge in [-0.3, -0.25) is 0 Å². The summed E-state index contributed by atoms with van der Waals surface area (Å²) in [7, 11) is 0. The van der Waals surface area contributed by atoms with Crippen LogP contribution in [0.2, 0.25) is 0 Å². The molecule has 5 aliphatic carbocycles. The van der Waals surface area contributed by atoms with Crippen LogP contribution < -0.4 is 0 Å². The van der Waals surface area contributed by atoms with E-state index in [-0.39, 0.29) is 69.7 Å². The summed E-state index contributed by atoms with van der Waals surface area (Å²) >= 11 is 0. The predicted octanol–water partition coefficient (Wildman–Crippen LogP) is 3.12. The molecule has 3 heterocycles. The van der Waals surface area contributed by atoms with E-state index in [4.69, 9.17) is 18.9 Å². The maximum atomic E-state index is 12.4. The van der Waals surface area contributed by atoms with Crippen LogP contribution in [-0.2, 0) is 18.9 Å². The molecule has 250 valence electrons. The number of hydrogen-bond acceptors (Lipinski definition) is 9. The van der Waals surface area contributed by atoms with Gasteiger partial charge in [-0.1, -0.05) is 34.6 Å². The minimum atomic E-state index is -1.31. The van der Waals surface area contributed by atoms with Gasteiger partial charge in [-0.05, 0) is 104 Å². The molecule has 5 saturated carbocycles. The first-order valence-electron chi connectivity index (χ1n) is 17.4. The molecule has 17 atom stereocenters. The Hall–Kier alpha value is -0.360. The first-order chi connectivity index (χ1) is 20.4. The van der Waals surface area contributed by atoms with Crippen molar-refractivity contribution in [2.75, 3.05) is 6.61 Å². The maximum absolute atomic E-state index is 12.4. The van der Waals surface area contributed by atoms with Crippen molar-refractivity contribution in [3.8, 4) is 0 Å². The van der Waals surface area contributed by atoms with Crippen LogP contribution in [-0.4, -0.2) is 92.5 Å². The van der Waals surface area contributed by atoms with Crippen LogP contribution in [0.25, 0.3) is 0 Å². The summed E-state index contributed by atoms with van der Waals surface area (Å²) in [6, 6.07) is 0. The Kier molecular flexibility index (Phi) is 6.33. The molecule has 8 rings (SSSR count). The van der Waals surface area contributed by atoms with Crippen LogP contribution in [0.5, 0.6) is 0 Å². The van der Waals surface area contributed by atoms with Crippen LogP contribution in [0, 0.1) is 50.7 Å². The van der Waals surface area contributed by atoms with E-state index in [1.807, 2.05) is 13.8 Å². The highest BCUT2D eigenvalue weighted by Gasteiger charge is 2.87. The molecule has 0 unspecified atom stereocenters. The summed E-state index contributed by atoms with van der Waals surface area (Å²) in [4.78, 5) is 0. The van der Waals surface area contributed by atoms with E-state index in [2.05, 4.69) is 34.6 Å². The van der Waals surface area contributed by atoms with Gasteiger partial charge in [0.1, 0.15) is 24.4 Å². The Morgan fingerprint density at radius 1 is 0.795 bits per heavy atom. The van der Waals surface area contributed by atoms with Crippen molar-refractivity contribution in [3.05, 3.63) is 0 Å². The van der Waals surface area contributed by atoms with Crippen molar-refractivity contribution >= 4 is 0 Å². The molecule has 0 aromatic rings. The van der Waals surface area contributed by atoms with Crippen LogP contribution in [0.1, 0.15) is 99.8 Å². The molecule has 8 aliphatic rings. The zero-order valence-electron chi connectivity index (χ0n) is 27.7. The van der Waals surface area contributed by atoms with Gasteiger partial charge in [0.05, 0.1) is 30.5 Å². The summed E-state index contributed by atoms with van der Waals surface area (Å²) in [5, 5.41) is 54.2. The number of ether oxygens (including phenoxy) is 4. The third-order valence-electron chi connectivity index (χ3n) is 15.7. The van der Waals surface area contributed by atoms with Gasteiger partial charge in [-0.25, -0.2) is 0 Å². The highest BCUT2D eigenvalue weighted by Crippen LogP contribution is 2.90. The summed E-state index contributed by atoms with van der Waals surface area (Å²) < 4.78 is 25.9. The minimum Gasteiger partial charge on any atom is -0.393 e. The lowest BCUT2D eigenvalue weighted by Gasteiger charge is -2.64. The van der Waals surface area contributed by atoms with E-state index in [9.17, 15) is 25.5 Å². The summed E-state index contributed by atoms with van der Waals surface area (Å²) in [5.41, 5.74) is -1.28. The molecule has 0 aromatic carbocycles. The van der Waals surface area contributed by atoms with Gasteiger partial charge in [-0.15, -0.1) is 0 Å². The van der Waals surface area contributed by atoms with Crippen LogP contribution in [0.3, 0.4) is 0 Å². The van der Waals surface area contributed by atoms with Crippen molar-refractivity contribution in [2.45, 2.75) is 160 Å². The maximum Gasteiger partial charge on any atom is 0.186 e. The standard InChI is InChI=1S/C35H56O9/c1-17-12-20-27(30(4,5)40)44-35(43-20)15-32(7)26-18(36)13-21-29(2,3)22(42-28-24(39)23(38)19(37)14-41-28)8-9-33(21)16-34(26,33)11-10-31(32,6)25(17)35/h17-28,36-40H,8-16H2,1-7H3/t17-,18-,19-,20-,21-,22-,23+,24-,25-,26+,27+,28+,31-,32+,33-,34+,35-/m1/s1. The van der Waals surface area contributed by atoms with Crippen molar-refractivity contribution in [1.82, 2.24) is 0 Å². The highest BCUT2D eigenvalue weighted by atomic mass is 16.8. The second kappa shape index (κ2) is 9.00. The Morgan fingerprint density at radius 3 is 2.23 bits per heavy atom. The van der Waals surface area contributed by atoms with E-state index < -0.39 is 42.1 Å². The monoisotopic (exact) mass is 620 g/mol. The fourth-order valence-electron chi connectivity index (χ4n) is 14.0. The average Bonchev–Trinajstić information content (AvgIpc) is 3.38. The number of fused-ring (bicyclic) bond motifs is 4. The Bertz CT molecular complexity index is 1200. The smallest absolute Gasteiger partial charge is 0.186 e. The molecule has 0 aromatic heterocycles. The summed E-state index contributed by atoms with van der Waals surface area (Å²) in [5.74, 6) is 0.319. The molecule has 2 bridgehead atoms. The fourth-order valence-corrected chi connectivity index (χ4v) is 14.0. The molecular weight excluding hydrogens is 564 g/mol. The van der Waals surface area contributed by atoms with E-state index >= 15 is 0 Å². The number of aliphatic hydroxyl groups is 5. The summed E-state index contributed by atoms with van der Waals surface area (Å²) in [6.07, 6.45) is 1.70. The Morgan fingerprint density at radius 2 is 1.52 bits per heavy atom. The van der Waals surface area contributed by atoms with Crippen LogP contribution in [0.15, 0.2) is 0 Å². The van der Waals surface area contributed by atoms with E-state index in [0.29, 0.717) is 12.3 Å². The van der Waals surface area contributed by atoms with Crippen LogP contribution >= 0.6 is 0 Å². The van der Waals surface area contributed by atoms with Gasteiger partial charge < -0.3 is 44.5 Å². The normalized spacial score (nSPS) is 62.2. The lowest BCUT2D eigenvalue weighted by atomic mass is 9.41.